The number of oxime groups is 1. The number of nitrogens with zero attached hydrogens (tertiary/aromatic N) is 2. The second-order valence-corrected chi connectivity index (χ2v) is 4.47. The van der Waals surface area contributed by atoms with Gasteiger partial charge in [-0.05, 0) is 29.6 Å². The van der Waals surface area contributed by atoms with Crippen molar-refractivity contribution >= 4 is 23.1 Å². The van der Waals surface area contributed by atoms with Gasteiger partial charge in [-0.25, -0.2) is 4.79 Å². The lowest BCUT2D eigenvalue weighted by Gasteiger charge is -1.99. The average Bonchev–Trinajstić information content (AvgIpc) is 2.98. The van der Waals surface area contributed by atoms with Crippen molar-refractivity contribution in [3.05, 3.63) is 57.8 Å². The van der Waals surface area contributed by atoms with Crippen molar-refractivity contribution in [3.63, 3.8) is 0 Å². The molecule has 0 unspecified atom stereocenters. The van der Waals surface area contributed by atoms with Gasteiger partial charge in [-0.1, -0.05) is 17.3 Å². The Hall–Kier alpha value is -2.65. The van der Waals surface area contributed by atoms with Crippen molar-refractivity contribution in [2.45, 2.75) is 0 Å². The van der Waals surface area contributed by atoms with Crippen LogP contribution in [0.5, 0.6) is 0 Å². The van der Waals surface area contributed by atoms with E-state index in [1.165, 1.54) is 17.4 Å². The van der Waals surface area contributed by atoms with Crippen LogP contribution in [-0.4, -0.2) is 11.8 Å². The Morgan fingerprint density at radius 2 is 2.21 bits per heavy atom. The smallest absolute Gasteiger partial charge is 0.365 e. The second-order valence-electron chi connectivity index (χ2n) is 3.53. The molecule has 0 saturated heterocycles. The number of benzene rings is 1. The number of carbonyl (C=O) groups excluding carboxylic acids is 1. The van der Waals surface area contributed by atoms with Gasteiger partial charge >= 0.3 is 5.97 Å². The van der Waals surface area contributed by atoms with E-state index in [2.05, 4.69) is 5.16 Å². The van der Waals surface area contributed by atoms with Crippen LogP contribution in [0.4, 0.5) is 0 Å². The van der Waals surface area contributed by atoms with Gasteiger partial charge in [0.1, 0.15) is 0 Å². The highest BCUT2D eigenvalue weighted by Crippen LogP contribution is 2.09. The van der Waals surface area contributed by atoms with Gasteiger partial charge in [0.05, 0.1) is 22.1 Å². The standard InChI is InChI=1S/C13H9N3O2S/c14-8-9-3-1-4-10(7-9)13(17)18-16-12(15)11-5-2-6-19-11/h1-7H,(H2,15,16). The molecule has 0 aliphatic heterocycles. The normalized spacial score (nSPS) is 10.8. The van der Waals surface area contributed by atoms with E-state index in [1.807, 2.05) is 17.5 Å². The topological polar surface area (TPSA) is 88.5 Å². The minimum Gasteiger partial charge on any atom is -0.380 e. The fraction of sp³-hybridized carbons (Fsp3) is 0. The number of hydrogen-bond donors (Lipinski definition) is 1. The predicted molar refractivity (Wildman–Crippen MR) is 71.6 cm³/mol. The molecule has 0 aliphatic carbocycles. The van der Waals surface area contributed by atoms with Gasteiger partial charge in [0.2, 0.25) is 0 Å². The lowest BCUT2D eigenvalue weighted by molar-refractivity contribution is 0.0516. The highest BCUT2D eigenvalue weighted by atomic mass is 32.1. The Morgan fingerprint density at radius 3 is 2.89 bits per heavy atom. The summed E-state index contributed by atoms with van der Waals surface area (Å²) < 4.78 is 0. The molecule has 19 heavy (non-hydrogen) atoms. The second kappa shape index (κ2) is 5.80. The van der Waals surface area contributed by atoms with E-state index in [0.29, 0.717) is 5.56 Å². The predicted octanol–water partition coefficient (Wildman–Crippen LogP) is 2.10. The molecule has 0 fully saturated rings. The third-order valence-electron chi connectivity index (χ3n) is 2.23. The summed E-state index contributed by atoms with van der Waals surface area (Å²) in [5, 5.41) is 14.2. The Balaban J connectivity index is 2.09. The molecule has 0 atom stereocenters. The van der Waals surface area contributed by atoms with Crippen molar-refractivity contribution in [2.24, 2.45) is 10.9 Å². The first kappa shape index (κ1) is 12.8. The van der Waals surface area contributed by atoms with Crippen LogP contribution >= 0.6 is 11.3 Å². The molecule has 2 rings (SSSR count). The SMILES string of the molecule is N#Cc1cccc(C(=O)O/N=C(\N)c2cccs2)c1. The molecule has 0 amide bonds. The molecule has 0 saturated carbocycles. The summed E-state index contributed by atoms with van der Waals surface area (Å²) in [7, 11) is 0. The van der Waals surface area contributed by atoms with Crippen molar-refractivity contribution in [1.29, 1.82) is 5.26 Å². The van der Waals surface area contributed by atoms with E-state index in [-0.39, 0.29) is 11.4 Å². The van der Waals surface area contributed by atoms with Crippen LogP contribution in [0.25, 0.3) is 0 Å². The van der Waals surface area contributed by atoms with Gasteiger partial charge in [-0.15, -0.1) is 11.3 Å². The molecule has 1 aromatic heterocycles. The third kappa shape index (κ3) is 3.18. The van der Waals surface area contributed by atoms with E-state index < -0.39 is 5.97 Å². The minimum atomic E-state index is -0.656. The number of nitrogens with two attached hydrogens (primary N) is 1. The zero-order valence-corrected chi connectivity index (χ0v) is 10.6. The first-order valence-electron chi connectivity index (χ1n) is 5.29. The Morgan fingerprint density at radius 1 is 1.37 bits per heavy atom. The monoisotopic (exact) mass is 271 g/mol. The van der Waals surface area contributed by atoms with E-state index >= 15 is 0 Å². The van der Waals surface area contributed by atoms with Gasteiger partial charge in [0, 0.05) is 0 Å². The molecule has 5 nitrogen and oxygen atoms in total. The van der Waals surface area contributed by atoms with Gasteiger partial charge in [0.15, 0.2) is 5.84 Å². The third-order valence-corrected chi connectivity index (χ3v) is 3.12. The summed E-state index contributed by atoms with van der Waals surface area (Å²) in [6, 6.07) is 11.7. The first-order chi connectivity index (χ1) is 9.20. The van der Waals surface area contributed by atoms with Crippen LogP contribution in [0, 0.1) is 11.3 Å². The van der Waals surface area contributed by atoms with E-state index in [1.54, 1.807) is 24.3 Å². The van der Waals surface area contributed by atoms with E-state index in [4.69, 9.17) is 15.8 Å². The summed E-state index contributed by atoms with van der Waals surface area (Å²) in [6.07, 6.45) is 0. The van der Waals surface area contributed by atoms with Gasteiger partial charge < -0.3 is 10.6 Å². The van der Waals surface area contributed by atoms with Crippen molar-refractivity contribution in [3.8, 4) is 6.07 Å². The molecule has 1 heterocycles. The van der Waals surface area contributed by atoms with Crippen LogP contribution in [0.1, 0.15) is 20.8 Å². The van der Waals surface area contributed by atoms with Crippen molar-refractivity contribution in [2.75, 3.05) is 0 Å². The largest absolute Gasteiger partial charge is 0.380 e. The number of carbonyl (C=O) groups is 1. The molecule has 94 valence electrons. The molecule has 0 spiro atoms. The highest BCUT2D eigenvalue weighted by molar-refractivity contribution is 7.12. The van der Waals surface area contributed by atoms with Crippen LogP contribution in [0.15, 0.2) is 46.9 Å². The average molecular weight is 271 g/mol. The quantitative estimate of drug-likeness (QED) is 0.400. The van der Waals surface area contributed by atoms with Crippen LogP contribution in [0.2, 0.25) is 0 Å². The van der Waals surface area contributed by atoms with Crippen LogP contribution in [0.3, 0.4) is 0 Å². The van der Waals surface area contributed by atoms with Crippen LogP contribution < -0.4 is 5.73 Å². The summed E-state index contributed by atoms with van der Waals surface area (Å²) in [5.41, 5.74) is 6.28. The maximum Gasteiger partial charge on any atom is 0.365 e. The molecule has 2 N–H and O–H groups in total. The molecule has 0 aliphatic rings. The zero-order valence-electron chi connectivity index (χ0n) is 9.74. The van der Waals surface area contributed by atoms with Gasteiger partial charge in [-0.3, -0.25) is 0 Å². The first-order valence-corrected chi connectivity index (χ1v) is 6.17. The van der Waals surface area contributed by atoms with E-state index in [0.717, 1.165) is 4.88 Å². The molecule has 0 radical (unpaired) electrons. The molecular formula is C13H9N3O2S. The molecule has 2 aromatic rings. The number of hydrogen-bond acceptors (Lipinski definition) is 5. The summed E-state index contributed by atoms with van der Waals surface area (Å²) in [5.74, 6) is -0.517. The van der Waals surface area contributed by atoms with E-state index in [9.17, 15) is 4.79 Å². The lowest BCUT2D eigenvalue weighted by atomic mass is 10.1. The summed E-state index contributed by atoms with van der Waals surface area (Å²) >= 11 is 1.39. The number of rotatable bonds is 3. The van der Waals surface area contributed by atoms with Crippen molar-refractivity contribution < 1.29 is 9.63 Å². The fourth-order valence-electron chi connectivity index (χ4n) is 1.33. The molecule has 1 aromatic carbocycles. The van der Waals surface area contributed by atoms with Gasteiger partial charge in [-0.2, -0.15) is 5.26 Å². The Kier molecular flexibility index (Phi) is 3.90. The Bertz CT molecular complexity index is 657. The number of nitriles is 1. The van der Waals surface area contributed by atoms with Crippen molar-refractivity contribution in [1.82, 2.24) is 0 Å². The Labute approximate surface area is 113 Å². The van der Waals surface area contributed by atoms with Crippen LogP contribution in [-0.2, 0) is 4.84 Å². The lowest BCUT2D eigenvalue weighted by Crippen LogP contribution is -2.13. The molecule has 0 bridgehead atoms. The maximum atomic E-state index is 11.7. The fourth-order valence-corrected chi connectivity index (χ4v) is 1.95. The molecular weight excluding hydrogens is 262 g/mol. The molecule has 6 heteroatoms. The zero-order chi connectivity index (χ0) is 13.7. The van der Waals surface area contributed by atoms with Gasteiger partial charge in [0.25, 0.3) is 0 Å². The maximum absolute atomic E-state index is 11.7. The highest BCUT2D eigenvalue weighted by Gasteiger charge is 2.09. The summed E-state index contributed by atoms with van der Waals surface area (Å²) in [6.45, 7) is 0. The number of amidine groups is 1. The number of thiophene rings is 1. The summed E-state index contributed by atoms with van der Waals surface area (Å²) in [4.78, 5) is 17.2. The minimum absolute atomic E-state index is 0.139.